The van der Waals surface area contributed by atoms with Crippen molar-refractivity contribution in [2.24, 2.45) is 10.2 Å². The molecule has 2 rings (SSSR count). The minimum absolute atomic E-state index is 0.0970. The molecule has 0 fully saturated rings. The van der Waals surface area contributed by atoms with E-state index in [0.29, 0.717) is 0 Å². The molecule has 0 aliphatic heterocycles. The van der Waals surface area contributed by atoms with E-state index in [1.54, 1.807) is 7.11 Å². The highest BCUT2D eigenvalue weighted by Crippen LogP contribution is 2.29. The molecule has 0 saturated carbocycles. The summed E-state index contributed by atoms with van der Waals surface area (Å²) in [5, 5.41) is 8.90. The molecule has 0 radical (unpaired) electrons. The number of aryl methyl sites for hydroxylation is 1. The summed E-state index contributed by atoms with van der Waals surface area (Å²) < 4.78 is 5.31. The highest BCUT2D eigenvalue weighted by molar-refractivity contribution is 5.38. The fraction of sp³-hybridized carbons (Fsp3) is 0.333. The Bertz CT molecular complexity index is 593. The van der Waals surface area contributed by atoms with Gasteiger partial charge in [0, 0.05) is 0 Å². The van der Waals surface area contributed by atoms with Crippen molar-refractivity contribution in [2.45, 2.75) is 32.7 Å². The van der Waals surface area contributed by atoms with E-state index in [1.807, 2.05) is 36.4 Å². The molecule has 0 bridgehead atoms. The summed E-state index contributed by atoms with van der Waals surface area (Å²) in [4.78, 5) is 0. The molecule has 3 heteroatoms. The number of benzene rings is 2. The lowest BCUT2D eigenvalue weighted by Gasteiger charge is -2.13. The lowest BCUT2D eigenvalue weighted by Crippen LogP contribution is -1.96. The van der Waals surface area contributed by atoms with Gasteiger partial charge in [0.15, 0.2) is 0 Å². The molecule has 2 aromatic rings. The average molecular weight is 282 g/mol. The predicted octanol–water partition coefficient (Wildman–Crippen LogP) is 5.63. The summed E-state index contributed by atoms with van der Waals surface area (Å²) in [7, 11) is 1.70. The van der Waals surface area contributed by atoms with Gasteiger partial charge in [0.1, 0.15) is 5.75 Å². The maximum atomic E-state index is 5.31. The second kappa shape index (κ2) is 7.58. The fourth-order valence-electron chi connectivity index (χ4n) is 2.30. The van der Waals surface area contributed by atoms with E-state index >= 15 is 0 Å². The summed E-state index contributed by atoms with van der Waals surface area (Å²) >= 11 is 0. The van der Waals surface area contributed by atoms with Crippen molar-refractivity contribution in [1.82, 2.24) is 0 Å². The van der Waals surface area contributed by atoms with Gasteiger partial charge in [0.25, 0.3) is 0 Å². The average Bonchev–Trinajstić information content (AvgIpc) is 2.52. The van der Waals surface area contributed by atoms with Crippen LogP contribution in [0.3, 0.4) is 0 Å². The van der Waals surface area contributed by atoms with Gasteiger partial charge in [-0.2, -0.15) is 10.2 Å². The van der Waals surface area contributed by atoms with Crippen molar-refractivity contribution in [3.05, 3.63) is 59.7 Å². The summed E-state index contributed by atoms with van der Waals surface area (Å²) in [5.74, 6) is 0.911. The zero-order valence-corrected chi connectivity index (χ0v) is 12.9. The van der Waals surface area contributed by atoms with Crippen molar-refractivity contribution in [2.75, 3.05) is 7.11 Å². The van der Waals surface area contributed by atoms with Crippen molar-refractivity contribution >= 4 is 5.69 Å². The molecule has 0 aromatic heterocycles. The van der Waals surface area contributed by atoms with Crippen LogP contribution >= 0.6 is 0 Å². The molecular weight excluding hydrogens is 260 g/mol. The zero-order chi connectivity index (χ0) is 15.1. The molecule has 0 heterocycles. The second-order valence-electron chi connectivity index (χ2n) is 5.08. The van der Waals surface area contributed by atoms with Crippen molar-refractivity contribution < 1.29 is 4.74 Å². The topological polar surface area (TPSA) is 34.0 Å². The Hall–Kier alpha value is -2.16. The van der Waals surface area contributed by atoms with Gasteiger partial charge in [0.05, 0.1) is 18.8 Å². The van der Waals surface area contributed by atoms with Crippen LogP contribution in [0.4, 0.5) is 5.69 Å². The van der Waals surface area contributed by atoms with Gasteiger partial charge in [-0.3, -0.25) is 0 Å². The highest BCUT2D eigenvalue weighted by Gasteiger charge is 2.11. The van der Waals surface area contributed by atoms with Crippen LogP contribution in [-0.2, 0) is 0 Å². The molecule has 110 valence electrons. The molecule has 0 aliphatic rings. The largest absolute Gasteiger partial charge is 0.496 e. The minimum atomic E-state index is 0.0970. The van der Waals surface area contributed by atoms with Gasteiger partial charge in [-0.25, -0.2) is 0 Å². The van der Waals surface area contributed by atoms with E-state index < -0.39 is 0 Å². The normalized spacial score (nSPS) is 12.5. The number of ether oxygens (including phenoxy) is 1. The van der Waals surface area contributed by atoms with Crippen LogP contribution in [0, 0.1) is 6.92 Å². The first-order valence-electron chi connectivity index (χ1n) is 7.35. The molecular formula is C18H22N2O. The summed E-state index contributed by atoms with van der Waals surface area (Å²) in [6.45, 7) is 4.22. The third-order valence-electron chi connectivity index (χ3n) is 3.43. The Balaban J connectivity index is 2.22. The monoisotopic (exact) mass is 282 g/mol. The zero-order valence-electron chi connectivity index (χ0n) is 12.9. The van der Waals surface area contributed by atoms with E-state index in [2.05, 4.69) is 36.2 Å². The lowest BCUT2D eigenvalue weighted by atomic mass is 10.0. The van der Waals surface area contributed by atoms with Crippen molar-refractivity contribution in [1.29, 1.82) is 0 Å². The number of azo groups is 1. The summed E-state index contributed by atoms with van der Waals surface area (Å²) in [6.07, 6.45) is 2.06. The van der Waals surface area contributed by atoms with Crippen LogP contribution in [0.5, 0.6) is 5.75 Å². The van der Waals surface area contributed by atoms with E-state index in [0.717, 1.165) is 29.8 Å². The Labute approximate surface area is 126 Å². The maximum absolute atomic E-state index is 5.31. The van der Waals surface area contributed by atoms with E-state index in [-0.39, 0.29) is 6.04 Å². The summed E-state index contributed by atoms with van der Waals surface area (Å²) in [6, 6.07) is 16.2. The Morgan fingerprint density at radius 2 is 1.86 bits per heavy atom. The van der Waals surface area contributed by atoms with Crippen LogP contribution in [0.25, 0.3) is 0 Å². The van der Waals surface area contributed by atoms with Gasteiger partial charge in [-0.15, -0.1) is 0 Å². The fourth-order valence-corrected chi connectivity index (χ4v) is 2.30. The number of rotatable bonds is 6. The number of hydrogen-bond acceptors (Lipinski definition) is 3. The molecule has 1 unspecified atom stereocenters. The highest BCUT2D eigenvalue weighted by atomic mass is 16.5. The van der Waals surface area contributed by atoms with E-state index in [4.69, 9.17) is 4.74 Å². The smallest absolute Gasteiger partial charge is 0.121 e. The lowest BCUT2D eigenvalue weighted by molar-refractivity contribution is 0.411. The van der Waals surface area contributed by atoms with E-state index in [1.165, 1.54) is 5.56 Å². The maximum Gasteiger partial charge on any atom is 0.121 e. The standard InChI is InChI=1S/C18H22N2O/c1-4-8-17(20-19-16-9-6-5-7-10-16)15-11-12-18(21-3)14(2)13-15/h5-7,9-13,17H,4,8H2,1-3H3. The SMILES string of the molecule is CCCC(N=Nc1ccccc1)c1ccc(OC)c(C)c1. The molecule has 1 atom stereocenters. The van der Waals surface area contributed by atoms with Gasteiger partial charge in [-0.05, 0) is 42.7 Å². The Kier molecular flexibility index (Phi) is 5.50. The van der Waals surface area contributed by atoms with Gasteiger partial charge in [-0.1, -0.05) is 43.7 Å². The number of methoxy groups -OCH3 is 1. The molecule has 2 aromatic carbocycles. The minimum Gasteiger partial charge on any atom is -0.496 e. The first kappa shape index (κ1) is 15.2. The first-order chi connectivity index (χ1) is 10.2. The molecule has 3 nitrogen and oxygen atoms in total. The quantitative estimate of drug-likeness (QED) is 0.632. The van der Waals surface area contributed by atoms with Crippen LogP contribution < -0.4 is 4.74 Å². The van der Waals surface area contributed by atoms with Gasteiger partial charge >= 0.3 is 0 Å². The van der Waals surface area contributed by atoms with Crippen LogP contribution in [0.15, 0.2) is 58.8 Å². The van der Waals surface area contributed by atoms with Gasteiger partial charge < -0.3 is 4.74 Å². The molecule has 0 spiro atoms. The molecule has 0 N–H and O–H groups in total. The third-order valence-corrected chi connectivity index (χ3v) is 3.43. The Morgan fingerprint density at radius 1 is 1.10 bits per heavy atom. The van der Waals surface area contributed by atoms with E-state index in [9.17, 15) is 0 Å². The molecule has 0 aliphatic carbocycles. The van der Waals surface area contributed by atoms with Crippen LogP contribution in [0.2, 0.25) is 0 Å². The summed E-state index contributed by atoms with van der Waals surface area (Å²) in [5.41, 5.74) is 3.21. The molecule has 21 heavy (non-hydrogen) atoms. The second-order valence-corrected chi connectivity index (χ2v) is 5.08. The van der Waals surface area contributed by atoms with Gasteiger partial charge in [0.2, 0.25) is 0 Å². The third kappa shape index (κ3) is 4.15. The van der Waals surface area contributed by atoms with Crippen molar-refractivity contribution in [3.8, 4) is 5.75 Å². The predicted molar refractivity (Wildman–Crippen MR) is 86.3 cm³/mol. The number of nitrogens with zero attached hydrogens (tertiary/aromatic N) is 2. The number of hydrogen-bond donors (Lipinski definition) is 0. The Morgan fingerprint density at radius 3 is 2.48 bits per heavy atom. The van der Waals surface area contributed by atoms with Crippen LogP contribution in [-0.4, -0.2) is 7.11 Å². The van der Waals surface area contributed by atoms with Crippen LogP contribution in [0.1, 0.15) is 36.9 Å². The molecule has 0 saturated heterocycles. The molecule has 0 amide bonds. The first-order valence-corrected chi connectivity index (χ1v) is 7.35. The van der Waals surface area contributed by atoms with Crippen molar-refractivity contribution in [3.63, 3.8) is 0 Å².